The average molecular weight is 1130 g/mol. The minimum atomic E-state index is -0.900. The number of aryl methyl sites for hydroxylation is 1. The number of carbonyl (C=O) groups excluding carboxylic acids is 3. The number of aromatic nitrogens is 3. The van der Waals surface area contributed by atoms with Gasteiger partial charge >= 0.3 is 6.01 Å². The Hall–Kier alpha value is -6.02. The maximum absolute atomic E-state index is 17.1. The maximum Gasteiger partial charge on any atom is 0.319 e. The van der Waals surface area contributed by atoms with Crippen LogP contribution in [0.3, 0.4) is 0 Å². The molecule has 0 unspecified atom stereocenters. The average Bonchev–Trinajstić information content (AvgIpc) is 4.13. The van der Waals surface area contributed by atoms with E-state index in [4.69, 9.17) is 26.3 Å². The lowest BCUT2D eigenvalue weighted by atomic mass is 9.85. The molecule has 0 saturated carbocycles. The molecule has 6 heterocycles. The summed E-state index contributed by atoms with van der Waals surface area (Å²) in [6.45, 7) is 20.1. The van der Waals surface area contributed by atoms with E-state index in [0.717, 1.165) is 123 Å². The summed E-state index contributed by atoms with van der Waals surface area (Å²) in [6.07, 6.45) is 4.01. The van der Waals surface area contributed by atoms with Crippen LogP contribution in [0.15, 0.2) is 72.2 Å². The number of benzene rings is 4. The predicted molar refractivity (Wildman–Crippen MR) is 314 cm³/mol. The van der Waals surface area contributed by atoms with Gasteiger partial charge in [-0.25, -0.2) is 9.37 Å². The van der Waals surface area contributed by atoms with Crippen LogP contribution in [0.2, 0.25) is 5.02 Å². The van der Waals surface area contributed by atoms with Gasteiger partial charge in [-0.2, -0.15) is 9.97 Å². The Morgan fingerprint density at radius 3 is 2.29 bits per heavy atom. The number of hydrogen-bond donors (Lipinski definition) is 4. The van der Waals surface area contributed by atoms with Gasteiger partial charge in [-0.1, -0.05) is 80.9 Å². The number of halogens is 2. The third-order valence-corrected chi connectivity index (χ3v) is 17.8. The molecule has 19 heteroatoms. The highest BCUT2D eigenvalue weighted by Crippen LogP contribution is 2.43. The van der Waals surface area contributed by atoms with Gasteiger partial charge in [0.15, 0.2) is 5.82 Å². The normalized spacial score (nSPS) is 20.3. The Labute approximate surface area is 477 Å². The minimum Gasteiger partial charge on any atom is -0.508 e. The second-order valence-corrected chi connectivity index (χ2v) is 24.9. The molecule has 0 radical (unpaired) electrons. The lowest BCUT2D eigenvalue weighted by Gasteiger charge is -2.39. The first-order valence-electron chi connectivity index (χ1n) is 28.5. The number of thiazole rings is 1. The minimum absolute atomic E-state index is 0.0117. The number of phenolic OH excluding ortho intramolecular Hbond substituents is 1. The van der Waals surface area contributed by atoms with Gasteiger partial charge in [0, 0.05) is 76.3 Å². The van der Waals surface area contributed by atoms with E-state index < -0.39 is 29.4 Å². The van der Waals surface area contributed by atoms with Crippen molar-refractivity contribution >= 4 is 68.2 Å². The summed E-state index contributed by atoms with van der Waals surface area (Å²) in [5.41, 5.74) is 4.89. The number of ether oxygens (including phenoxy) is 1. The van der Waals surface area contributed by atoms with E-state index in [-0.39, 0.29) is 77.2 Å². The Balaban J connectivity index is 0.696. The first-order valence-corrected chi connectivity index (χ1v) is 29.7. The summed E-state index contributed by atoms with van der Waals surface area (Å²) in [7, 11) is 0. The van der Waals surface area contributed by atoms with Crippen LogP contribution < -0.4 is 20.3 Å². The summed E-state index contributed by atoms with van der Waals surface area (Å²) < 4.78 is 23.5. The Morgan fingerprint density at radius 2 is 1.59 bits per heavy atom. The molecule has 426 valence electrons. The highest BCUT2D eigenvalue weighted by atomic mass is 35.5. The molecule has 4 aliphatic rings. The zero-order chi connectivity index (χ0) is 56.4. The van der Waals surface area contributed by atoms with E-state index in [1.807, 2.05) is 95.6 Å². The van der Waals surface area contributed by atoms with Crippen LogP contribution in [0.5, 0.6) is 11.8 Å². The van der Waals surface area contributed by atoms with Crippen LogP contribution in [0.1, 0.15) is 90.4 Å². The van der Waals surface area contributed by atoms with Crippen LogP contribution in [0, 0.1) is 24.1 Å². The van der Waals surface area contributed by atoms with E-state index in [1.54, 1.807) is 29.5 Å². The highest BCUT2D eigenvalue weighted by Gasteiger charge is 2.45. The molecule has 80 heavy (non-hydrogen) atoms. The fourth-order valence-corrected chi connectivity index (χ4v) is 13.3. The number of amides is 3. The van der Waals surface area contributed by atoms with Gasteiger partial charge in [0.25, 0.3) is 0 Å². The monoisotopic (exact) mass is 1130 g/mol. The number of aromatic hydroxyl groups is 1. The number of nitrogens with one attached hydrogen (secondary N) is 2. The quantitative estimate of drug-likeness (QED) is 0.0723. The number of β-amino-alcohol motifs (C(OH)–C–C–N with tert-alkyl or cyclic N) is 1. The number of aliphatic hydroxyl groups excluding tert-OH is 1. The van der Waals surface area contributed by atoms with E-state index in [0.29, 0.717) is 29.2 Å². The van der Waals surface area contributed by atoms with Gasteiger partial charge in [-0.05, 0) is 123 Å². The van der Waals surface area contributed by atoms with Crippen molar-refractivity contribution in [2.45, 2.75) is 110 Å². The van der Waals surface area contributed by atoms with Crippen LogP contribution in [-0.2, 0) is 14.4 Å². The number of nitrogens with zero attached hydrogens (tertiary/aromatic N) is 8. The van der Waals surface area contributed by atoms with Crippen LogP contribution >= 0.6 is 22.9 Å². The molecule has 6 aromatic rings. The summed E-state index contributed by atoms with van der Waals surface area (Å²) in [6, 6.07) is 18.5. The summed E-state index contributed by atoms with van der Waals surface area (Å²) in [5.74, 6) is -0.424. The summed E-state index contributed by atoms with van der Waals surface area (Å²) >= 11 is 8.53. The number of piperidine rings is 2. The number of anilines is 1. The molecule has 4 N–H and O–H groups in total. The van der Waals surface area contributed by atoms with E-state index >= 15 is 4.39 Å². The van der Waals surface area contributed by atoms with Gasteiger partial charge in [0.2, 0.25) is 17.7 Å². The third kappa shape index (κ3) is 13.0. The number of fused-ring (bicyclic) bond motifs is 2. The van der Waals surface area contributed by atoms with Gasteiger partial charge in [0.1, 0.15) is 35.3 Å². The fourth-order valence-electron chi connectivity index (χ4n) is 12.2. The van der Waals surface area contributed by atoms with Crippen LogP contribution in [-0.4, -0.2) is 165 Å². The van der Waals surface area contributed by atoms with Crippen molar-refractivity contribution in [3.05, 3.63) is 94.3 Å². The lowest BCUT2D eigenvalue weighted by Crippen LogP contribution is -2.59. The molecule has 4 aliphatic heterocycles. The van der Waals surface area contributed by atoms with Crippen molar-refractivity contribution in [2.75, 3.05) is 83.4 Å². The molecule has 3 amide bonds. The summed E-state index contributed by atoms with van der Waals surface area (Å²) in [5, 5.41) is 29.8. The highest BCUT2D eigenvalue weighted by molar-refractivity contribution is 7.13. The molecular formula is C61H76ClFN10O6S. The molecule has 0 bridgehead atoms. The van der Waals surface area contributed by atoms with Gasteiger partial charge in [0.05, 0.1) is 39.8 Å². The number of piperazine rings is 1. The molecule has 4 aromatic carbocycles. The molecule has 4 fully saturated rings. The third-order valence-electron chi connectivity index (χ3n) is 16.6. The van der Waals surface area contributed by atoms with Crippen LogP contribution in [0.4, 0.5) is 10.2 Å². The van der Waals surface area contributed by atoms with Crippen molar-refractivity contribution in [1.82, 2.24) is 45.2 Å². The van der Waals surface area contributed by atoms with E-state index in [9.17, 15) is 24.6 Å². The molecule has 4 saturated heterocycles. The van der Waals surface area contributed by atoms with Gasteiger partial charge in [-0.3, -0.25) is 24.2 Å². The smallest absolute Gasteiger partial charge is 0.319 e. The lowest BCUT2D eigenvalue weighted by molar-refractivity contribution is -0.144. The fraction of sp³-hybridized carbons (Fsp3) is 0.508. The van der Waals surface area contributed by atoms with Crippen molar-refractivity contribution in [1.29, 1.82) is 0 Å². The summed E-state index contributed by atoms with van der Waals surface area (Å²) in [4.78, 5) is 67.7. The van der Waals surface area contributed by atoms with Crippen molar-refractivity contribution in [3.63, 3.8) is 0 Å². The molecule has 5 atom stereocenters. The zero-order valence-corrected chi connectivity index (χ0v) is 48.5. The number of aliphatic hydroxyl groups is 1. The first kappa shape index (κ1) is 57.2. The predicted octanol–water partition coefficient (Wildman–Crippen LogP) is 8.84. The number of carbonyl (C=O) groups is 3. The van der Waals surface area contributed by atoms with Crippen molar-refractivity contribution in [3.8, 4) is 33.3 Å². The Kier molecular flexibility index (Phi) is 17.6. The Morgan fingerprint density at radius 1 is 0.875 bits per heavy atom. The second kappa shape index (κ2) is 24.6. The van der Waals surface area contributed by atoms with E-state index in [1.165, 1.54) is 4.90 Å². The second-order valence-electron chi connectivity index (χ2n) is 23.7. The molecule has 10 rings (SSSR count). The SMILES string of the molecule is Cc1ncsc1-c1ccc([C@H](C)NC(=O)[C@@H]2C[C@@H](O)CN2C(=O)[C@@H](NC(=O)CN2CCC(CN3CCN(C[C@@H](C)Oc4nc(N5CCCCC5)c5cc(Cl)c(-c6cc(O)cc7ccccc67)c(F)c5n4)CC3)CC2)C(C)(C)C)cc1. The number of likely N-dealkylation sites (tertiary alicyclic amines) is 2. The zero-order valence-electron chi connectivity index (χ0n) is 46.9. The largest absolute Gasteiger partial charge is 0.508 e. The van der Waals surface area contributed by atoms with Crippen LogP contribution in [0.25, 0.3) is 43.2 Å². The van der Waals surface area contributed by atoms with Gasteiger partial charge in [-0.15, -0.1) is 11.3 Å². The number of hydrogen-bond acceptors (Lipinski definition) is 14. The maximum atomic E-state index is 17.1. The van der Waals surface area contributed by atoms with Crippen molar-refractivity contribution in [2.24, 2.45) is 11.3 Å². The molecular weight excluding hydrogens is 1060 g/mol. The topological polar surface area (TPSA) is 180 Å². The molecule has 2 aromatic heterocycles. The first-order chi connectivity index (χ1) is 38.4. The van der Waals surface area contributed by atoms with Crippen molar-refractivity contribution < 1.29 is 33.7 Å². The van der Waals surface area contributed by atoms with E-state index in [2.05, 4.69) is 35.2 Å². The number of rotatable bonds is 16. The molecule has 0 aliphatic carbocycles. The van der Waals surface area contributed by atoms with Gasteiger partial charge < -0.3 is 40.3 Å². The standard InChI is InChI=1S/C61H76ClFN10O6S/c1-37(79-60-67-54-48(57(68-60)72-20-10-7-11-21-72)31-49(62)52(53(54)63)47-29-44(74)28-43-12-8-9-13-46(43)47)32-70-24-26-71(27-25-70)33-40-18-22-69(23-19-40)35-51(76)66-56(61(4,5)6)59(78)73-34-45(75)30-50(73)58(77)65-38(2)41-14-16-42(17-15-41)55-39(3)64-36-80-55/h8-9,12-17,28-29,31,36-38,40,45,50,56,74-75H,7,10-11,18-27,30,32-35H2,1-6H3,(H,65,77)(H,66,76)/t37-,38+,45-,50+,56-/m1/s1. The molecule has 0 spiro atoms. The Bertz CT molecular complexity index is 3190. The molecule has 16 nitrogen and oxygen atoms in total. The number of phenols is 1.